The molecular formula is C22H29N3O. The Hall–Kier alpha value is -1.94. The summed E-state index contributed by atoms with van der Waals surface area (Å²) in [7, 11) is 0. The lowest BCUT2D eigenvalue weighted by Gasteiger charge is -2.38. The Bertz CT molecular complexity index is 802. The molecule has 1 aromatic carbocycles. The van der Waals surface area contributed by atoms with Crippen molar-refractivity contribution in [2.24, 2.45) is 0 Å². The predicted molar refractivity (Wildman–Crippen MR) is 105 cm³/mol. The number of rotatable bonds is 3. The van der Waals surface area contributed by atoms with Gasteiger partial charge in [-0.25, -0.2) is 0 Å². The van der Waals surface area contributed by atoms with Crippen molar-refractivity contribution in [3.63, 3.8) is 0 Å². The van der Waals surface area contributed by atoms with E-state index in [4.69, 9.17) is 4.98 Å². The summed E-state index contributed by atoms with van der Waals surface area (Å²) in [4.78, 5) is 22.3. The highest BCUT2D eigenvalue weighted by Crippen LogP contribution is 2.26. The number of pyridine rings is 1. The van der Waals surface area contributed by atoms with Crippen molar-refractivity contribution in [2.75, 3.05) is 26.2 Å². The molecule has 0 radical (unpaired) electrons. The van der Waals surface area contributed by atoms with E-state index in [9.17, 15) is 4.79 Å². The lowest BCUT2D eigenvalue weighted by molar-refractivity contribution is -0.132. The van der Waals surface area contributed by atoms with Gasteiger partial charge in [-0.3, -0.25) is 14.7 Å². The summed E-state index contributed by atoms with van der Waals surface area (Å²) >= 11 is 0. The van der Waals surface area contributed by atoms with E-state index in [-0.39, 0.29) is 5.91 Å². The highest BCUT2D eigenvalue weighted by Gasteiger charge is 2.28. The molecule has 1 saturated heterocycles. The first-order valence-corrected chi connectivity index (χ1v) is 10.00. The molecule has 0 atom stereocenters. The number of aromatic nitrogens is 1. The molecule has 138 valence electrons. The van der Waals surface area contributed by atoms with Crippen LogP contribution in [0.2, 0.25) is 0 Å². The molecule has 0 unspecified atom stereocenters. The zero-order valence-electron chi connectivity index (χ0n) is 16.0. The van der Waals surface area contributed by atoms with Crippen molar-refractivity contribution >= 4 is 16.8 Å². The maximum Gasteiger partial charge on any atom is 0.227 e. The molecule has 4 heteroatoms. The number of hydrogen-bond donors (Lipinski definition) is 0. The van der Waals surface area contributed by atoms with E-state index in [0.717, 1.165) is 54.4 Å². The number of carbonyl (C=O) groups is 1. The summed E-state index contributed by atoms with van der Waals surface area (Å²) < 4.78 is 0. The highest BCUT2D eigenvalue weighted by atomic mass is 16.2. The lowest BCUT2D eigenvalue weighted by Crippen LogP contribution is -2.51. The van der Waals surface area contributed by atoms with Crippen molar-refractivity contribution in [1.29, 1.82) is 0 Å². The second-order valence-electron chi connectivity index (χ2n) is 7.85. The number of hydrogen-bond acceptors (Lipinski definition) is 3. The van der Waals surface area contributed by atoms with Gasteiger partial charge in [0, 0.05) is 43.3 Å². The molecule has 26 heavy (non-hydrogen) atoms. The minimum Gasteiger partial charge on any atom is -0.340 e. The molecule has 1 saturated carbocycles. The average Bonchev–Trinajstić information content (AvgIpc) is 3.20. The van der Waals surface area contributed by atoms with Gasteiger partial charge in [0.1, 0.15) is 0 Å². The number of carbonyl (C=O) groups excluding carboxylic acids is 1. The smallest absolute Gasteiger partial charge is 0.227 e. The predicted octanol–water partition coefficient (Wildman–Crippen LogP) is 3.48. The van der Waals surface area contributed by atoms with Crippen LogP contribution in [0.4, 0.5) is 0 Å². The van der Waals surface area contributed by atoms with Crippen LogP contribution in [0.15, 0.2) is 24.3 Å². The molecule has 1 aromatic heterocycles. The van der Waals surface area contributed by atoms with E-state index in [1.54, 1.807) is 0 Å². The summed E-state index contributed by atoms with van der Waals surface area (Å²) in [5.74, 6) is 0.249. The normalized spacial score (nSPS) is 19.4. The molecule has 1 amide bonds. The maximum atomic E-state index is 12.9. The van der Waals surface area contributed by atoms with Crippen molar-refractivity contribution in [1.82, 2.24) is 14.8 Å². The molecule has 4 rings (SSSR count). The van der Waals surface area contributed by atoms with Crippen LogP contribution in [0.3, 0.4) is 0 Å². The van der Waals surface area contributed by atoms with Crippen LogP contribution in [0.1, 0.15) is 42.5 Å². The Balaban J connectivity index is 1.44. The van der Waals surface area contributed by atoms with Crippen molar-refractivity contribution in [3.8, 4) is 0 Å². The number of fused-ring (bicyclic) bond motifs is 1. The largest absolute Gasteiger partial charge is 0.340 e. The van der Waals surface area contributed by atoms with Gasteiger partial charge in [0.2, 0.25) is 5.91 Å². The van der Waals surface area contributed by atoms with E-state index >= 15 is 0 Å². The minimum atomic E-state index is 0.249. The standard InChI is InChI=1S/C22H29N3O/c1-16-19-9-5-6-10-21(19)23-17(2)20(16)15-22(26)25-13-11-24(12-14-25)18-7-3-4-8-18/h5-6,9-10,18H,3-4,7-8,11-15H2,1-2H3. The Labute approximate surface area is 156 Å². The molecule has 1 aliphatic heterocycles. The van der Waals surface area contributed by atoms with Gasteiger partial charge in [0.05, 0.1) is 11.9 Å². The summed E-state index contributed by atoms with van der Waals surface area (Å²) in [6, 6.07) is 8.97. The zero-order valence-corrected chi connectivity index (χ0v) is 16.0. The summed E-state index contributed by atoms with van der Waals surface area (Å²) in [5, 5.41) is 1.16. The molecular weight excluding hydrogens is 322 g/mol. The van der Waals surface area contributed by atoms with Gasteiger partial charge in [-0.1, -0.05) is 31.0 Å². The van der Waals surface area contributed by atoms with E-state index in [1.807, 2.05) is 25.1 Å². The van der Waals surface area contributed by atoms with E-state index < -0.39 is 0 Å². The molecule has 2 fully saturated rings. The van der Waals surface area contributed by atoms with Crippen LogP contribution in [-0.4, -0.2) is 52.9 Å². The molecule has 2 aromatic rings. The molecule has 0 N–H and O–H groups in total. The van der Waals surface area contributed by atoms with E-state index in [2.05, 4.69) is 22.8 Å². The Morgan fingerprint density at radius 2 is 1.77 bits per heavy atom. The number of nitrogens with zero attached hydrogens (tertiary/aromatic N) is 3. The fraction of sp³-hybridized carbons (Fsp3) is 0.545. The number of aryl methyl sites for hydroxylation is 2. The Morgan fingerprint density at radius 1 is 1.08 bits per heavy atom. The second-order valence-corrected chi connectivity index (χ2v) is 7.85. The first kappa shape index (κ1) is 17.5. The topological polar surface area (TPSA) is 36.4 Å². The van der Waals surface area contributed by atoms with Crippen molar-refractivity contribution in [2.45, 2.75) is 52.0 Å². The third kappa shape index (κ3) is 3.35. The van der Waals surface area contributed by atoms with Gasteiger partial charge >= 0.3 is 0 Å². The summed E-state index contributed by atoms with van der Waals surface area (Å²) in [6.07, 6.45) is 5.90. The highest BCUT2D eigenvalue weighted by molar-refractivity contribution is 5.86. The zero-order chi connectivity index (χ0) is 18.1. The number of para-hydroxylation sites is 1. The SMILES string of the molecule is Cc1nc2ccccc2c(C)c1CC(=O)N1CCN(C2CCCC2)CC1. The van der Waals surface area contributed by atoms with Gasteiger partial charge in [-0.15, -0.1) is 0 Å². The molecule has 0 spiro atoms. The first-order valence-electron chi connectivity index (χ1n) is 10.00. The van der Waals surface area contributed by atoms with E-state index in [1.165, 1.54) is 31.2 Å². The maximum absolute atomic E-state index is 12.9. The van der Waals surface area contributed by atoms with Gasteiger partial charge in [-0.2, -0.15) is 0 Å². The fourth-order valence-corrected chi connectivity index (χ4v) is 4.70. The average molecular weight is 351 g/mol. The van der Waals surface area contributed by atoms with Crippen molar-refractivity contribution in [3.05, 3.63) is 41.1 Å². The van der Waals surface area contributed by atoms with Gasteiger partial charge in [-0.05, 0) is 43.9 Å². The molecule has 2 heterocycles. The second kappa shape index (κ2) is 7.36. The van der Waals surface area contributed by atoms with Crippen LogP contribution in [0, 0.1) is 13.8 Å². The van der Waals surface area contributed by atoms with Crippen LogP contribution >= 0.6 is 0 Å². The monoisotopic (exact) mass is 351 g/mol. The number of amides is 1. The lowest BCUT2D eigenvalue weighted by atomic mass is 9.99. The summed E-state index contributed by atoms with van der Waals surface area (Å²) in [6.45, 7) is 7.95. The molecule has 2 aliphatic rings. The Morgan fingerprint density at radius 3 is 2.50 bits per heavy atom. The molecule has 0 bridgehead atoms. The third-order valence-corrected chi connectivity index (χ3v) is 6.32. The van der Waals surface area contributed by atoms with Crippen molar-refractivity contribution < 1.29 is 4.79 Å². The fourth-order valence-electron chi connectivity index (χ4n) is 4.70. The van der Waals surface area contributed by atoms with Crippen LogP contribution in [0.25, 0.3) is 10.9 Å². The van der Waals surface area contributed by atoms with Crippen LogP contribution in [-0.2, 0) is 11.2 Å². The van der Waals surface area contributed by atoms with Gasteiger partial charge in [0.25, 0.3) is 0 Å². The summed E-state index contributed by atoms with van der Waals surface area (Å²) in [5.41, 5.74) is 4.31. The quantitative estimate of drug-likeness (QED) is 0.849. The third-order valence-electron chi connectivity index (χ3n) is 6.32. The minimum absolute atomic E-state index is 0.249. The van der Waals surface area contributed by atoms with Crippen LogP contribution in [0.5, 0.6) is 0 Å². The van der Waals surface area contributed by atoms with Crippen LogP contribution < -0.4 is 0 Å². The van der Waals surface area contributed by atoms with Gasteiger partial charge in [0.15, 0.2) is 0 Å². The first-order chi connectivity index (χ1) is 12.6. The van der Waals surface area contributed by atoms with E-state index in [0.29, 0.717) is 6.42 Å². The number of benzene rings is 1. The van der Waals surface area contributed by atoms with Gasteiger partial charge < -0.3 is 4.90 Å². The Kier molecular flexibility index (Phi) is 4.94. The molecule has 4 nitrogen and oxygen atoms in total. The molecule has 1 aliphatic carbocycles. The number of piperazine rings is 1.